The van der Waals surface area contributed by atoms with Crippen LogP contribution < -0.4 is 5.32 Å². The lowest BCUT2D eigenvalue weighted by atomic mass is 9.74. The van der Waals surface area contributed by atoms with Crippen LogP contribution in [-0.4, -0.2) is 39.0 Å². The van der Waals surface area contributed by atoms with Crippen molar-refractivity contribution < 1.29 is 9.47 Å². The van der Waals surface area contributed by atoms with Gasteiger partial charge in [-0.1, -0.05) is 19.8 Å². The van der Waals surface area contributed by atoms with E-state index in [1.165, 1.54) is 12.8 Å². The minimum atomic E-state index is -0.0167. The van der Waals surface area contributed by atoms with Gasteiger partial charge in [-0.15, -0.1) is 0 Å². The molecular formula is C13H27NO2. The summed E-state index contributed by atoms with van der Waals surface area (Å²) < 4.78 is 11.4. The van der Waals surface area contributed by atoms with Crippen molar-refractivity contribution in [2.75, 3.05) is 27.4 Å². The van der Waals surface area contributed by atoms with Crippen LogP contribution in [-0.2, 0) is 9.47 Å². The average molecular weight is 229 g/mol. The molecule has 0 saturated heterocycles. The molecule has 0 aromatic heterocycles. The van der Waals surface area contributed by atoms with E-state index in [0.717, 1.165) is 32.0 Å². The zero-order valence-electron chi connectivity index (χ0n) is 11.2. The van der Waals surface area contributed by atoms with Crippen LogP contribution in [0.15, 0.2) is 0 Å². The van der Waals surface area contributed by atoms with Crippen LogP contribution in [0, 0.1) is 5.92 Å². The van der Waals surface area contributed by atoms with Gasteiger partial charge in [0, 0.05) is 13.7 Å². The van der Waals surface area contributed by atoms with Crippen LogP contribution in [0.2, 0.25) is 0 Å². The molecule has 16 heavy (non-hydrogen) atoms. The molecule has 1 aliphatic carbocycles. The smallest absolute Gasteiger partial charge is 0.0859 e. The molecule has 0 aliphatic heterocycles. The molecule has 3 atom stereocenters. The van der Waals surface area contributed by atoms with Gasteiger partial charge in [-0.05, 0) is 32.7 Å². The molecule has 0 aromatic rings. The molecule has 0 spiro atoms. The Morgan fingerprint density at radius 2 is 2.25 bits per heavy atom. The predicted molar refractivity (Wildman–Crippen MR) is 66.7 cm³/mol. The summed E-state index contributed by atoms with van der Waals surface area (Å²) in [5.74, 6) is 0.757. The Balaban J connectivity index is 2.75. The molecule has 0 aromatic carbocycles. The van der Waals surface area contributed by atoms with Crippen molar-refractivity contribution in [2.24, 2.45) is 5.92 Å². The van der Waals surface area contributed by atoms with Gasteiger partial charge in [0.1, 0.15) is 0 Å². The maximum Gasteiger partial charge on any atom is 0.0859 e. The van der Waals surface area contributed by atoms with E-state index in [-0.39, 0.29) is 5.60 Å². The Morgan fingerprint density at radius 3 is 2.75 bits per heavy atom. The van der Waals surface area contributed by atoms with Gasteiger partial charge in [-0.3, -0.25) is 0 Å². The van der Waals surface area contributed by atoms with Gasteiger partial charge in [0.15, 0.2) is 0 Å². The summed E-state index contributed by atoms with van der Waals surface area (Å²) in [5, 5.41) is 3.37. The molecule has 0 amide bonds. The predicted octanol–water partition coefficient (Wildman–Crippen LogP) is 2.21. The Bertz CT molecular complexity index is 194. The van der Waals surface area contributed by atoms with Gasteiger partial charge in [0.2, 0.25) is 0 Å². The molecule has 3 nitrogen and oxygen atoms in total. The third kappa shape index (κ3) is 3.19. The second-order valence-corrected chi connectivity index (χ2v) is 5.00. The first-order valence-corrected chi connectivity index (χ1v) is 6.48. The van der Waals surface area contributed by atoms with E-state index < -0.39 is 0 Å². The number of nitrogens with one attached hydrogen (secondary N) is 1. The standard InChI is InChI=1S/C13H27NO2/c1-5-16-13(12(14-3)10-15-4)8-6-7-11(2)9-13/h11-12,14H,5-10H2,1-4H3. The fraction of sp³-hybridized carbons (Fsp3) is 1.00. The molecule has 0 radical (unpaired) electrons. The zero-order chi connectivity index (χ0) is 12.0. The molecule has 1 aliphatic rings. The van der Waals surface area contributed by atoms with Crippen molar-refractivity contribution in [2.45, 2.75) is 51.2 Å². The highest BCUT2D eigenvalue weighted by molar-refractivity contribution is 4.96. The van der Waals surface area contributed by atoms with Crippen LogP contribution in [0.4, 0.5) is 0 Å². The Kier molecular flexibility index (Phi) is 5.73. The van der Waals surface area contributed by atoms with Gasteiger partial charge in [0.25, 0.3) is 0 Å². The van der Waals surface area contributed by atoms with Crippen molar-refractivity contribution in [3.05, 3.63) is 0 Å². The van der Waals surface area contributed by atoms with Crippen molar-refractivity contribution in [3.63, 3.8) is 0 Å². The number of rotatable bonds is 6. The van der Waals surface area contributed by atoms with Crippen molar-refractivity contribution in [1.29, 1.82) is 0 Å². The van der Waals surface area contributed by atoms with E-state index in [9.17, 15) is 0 Å². The van der Waals surface area contributed by atoms with E-state index in [1.54, 1.807) is 7.11 Å². The number of hydrogen-bond donors (Lipinski definition) is 1. The van der Waals surface area contributed by atoms with Gasteiger partial charge in [0.05, 0.1) is 18.2 Å². The number of methoxy groups -OCH3 is 1. The van der Waals surface area contributed by atoms with Crippen LogP contribution >= 0.6 is 0 Å². The summed E-state index contributed by atoms with van der Waals surface area (Å²) in [6.45, 7) is 5.92. The van der Waals surface area contributed by atoms with Gasteiger partial charge < -0.3 is 14.8 Å². The van der Waals surface area contributed by atoms with Crippen LogP contribution in [0.5, 0.6) is 0 Å². The molecule has 1 rings (SSSR count). The Hall–Kier alpha value is -0.120. The lowest BCUT2D eigenvalue weighted by molar-refractivity contribution is -0.110. The van der Waals surface area contributed by atoms with Crippen molar-refractivity contribution >= 4 is 0 Å². The lowest BCUT2D eigenvalue weighted by Crippen LogP contribution is -2.56. The topological polar surface area (TPSA) is 30.5 Å². The third-order valence-corrected chi connectivity index (χ3v) is 3.74. The molecule has 1 fully saturated rings. The first kappa shape index (κ1) is 13.9. The van der Waals surface area contributed by atoms with Crippen LogP contribution in [0.1, 0.15) is 39.5 Å². The monoisotopic (exact) mass is 229 g/mol. The van der Waals surface area contributed by atoms with Crippen molar-refractivity contribution in [1.82, 2.24) is 5.32 Å². The normalized spacial score (nSPS) is 32.6. The largest absolute Gasteiger partial charge is 0.383 e. The average Bonchev–Trinajstić information content (AvgIpc) is 2.26. The highest BCUT2D eigenvalue weighted by atomic mass is 16.5. The molecule has 3 heteroatoms. The molecule has 3 unspecified atom stereocenters. The SMILES string of the molecule is CCOC1(C(COC)NC)CCCC(C)C1. The lowest BCUT2D eigenvalue weighted by Gasteiger charge is -2.45. The number of hydrogen-bond acceptors (Lipinski definition) is 3. The molecule has 1 N–H and O–H groups in total. The third-order valence-electron chi connectivity index (χ3n) is 3.74. The van der Waals surface area contributed by atoms with E-state index >= 15 is 0 Å². The van der Waals surface area contributed by atoms with Crippen LogP contribution in [0.3, 0.4) is 0 Å². The molecule has 0 heterocycles. The first-order valence-electron chi connectivity index (χ1n) is 6.48. The number of ether oxygens (including phenoxy) is 2. The fourth-order valence-electron chi connectivity index (χ4n) is 3.04. The fourth-order valence-corrected chi connectivity index (χ4v) is 3.04. The molecular weight excluding hydrogens is 202 g/mol. The zero-order valence-corrected chi connectivity index (χ0v) is 11.2. The highest BCUT2D eigenvalue weighted by Crippen LogP contribution is 2.37. The second kappa shape index (κ2) is 6.58. The van der Waals surface area contributed by atoms with Crippen LogP contribution in [0.25, 0.3) is 0 Å². The minimum absolute atomic E-state index is 0.0167. The summed E-state index contributed by atoms with van der Waals surface area (Å²) in [6, 6.07) is 0.306. The first-order chi connectivity index (χ1) is 7.68. The minimum Gasteiger partial charge on any atom is -0.383 e. The molecule has 1 saturated carbocycles. The van der Waals surface area contributed by atoms with E-state index in [1.807, 2.05) is 7.05 Å². The summed E-state index contributed by atoms with van der Waals surface area (Å²) in [6.07, 6.45) is 4.90. The van der Waals surface area contributed by atoms with Crippen molar-refractivity contribution in [3.8, 4) is 0 Å². The van der Waals surface area contributed by atoms with Gasteiger partial charge in [-0.2, -0.15) is 0 Å². The number of likely N-dealkylation sites (N-methyl/N-ethyl adjacent to an activating group) is 1. The molecule has 96 valence electrons. The Labute approximate surface area is 99.9 Å². The van der Waals surface area contributed by atoms with Gasteiger partial charge in [-0.25, -0.2) is 0 Å². The second-order valence-electron chi connectivity index (χ2n) is 5.00. The summed E-state index contributed by atoms with van der Waals surface area (Å²) >= 11 is 0. The maximum absolute atomic E-state index is 6.10. The summed E-state index contributed by atoms with van der Waals surface area (Å²) in [5.41, 5.74) is -0.0167. The molecule has 0 bridgehead atoms. The summed E-state index contributed by atoms with van der Waals surface area (Å²) in [4.78, 5) is 0. The van der Waals surface area contributed by atoms with E-state index in [0.29, 0.717) is 6.04 Å². The quantitative estimate of drug-likeness (QED) is 0.757. The highest BCUT2D eigenvalue weighted by Gasteiger charge is 2.41. The Morgan fingerprint density at radius 1 is 1.50 bits per heavy atom. The maximum atomic E-state index is 6.10. The summed E-state index contributed by atoms with van der Waals surface area (Å²) in [7, 11) is 3.76. The van der Waals surface area contributed by atoms with E-state index in [2.05, 4.69) is 19.2 Å². The van der Waals surface area contributed by atoms with E-state index in [4.69, 9.17) is 9.47 Å². The van der Waals surface area contributed by atoms with Gasteiger partial charge >= 0.3 is 0 Å².